The van der Waals surface area contributed by atoms with Gasteiger partial charge in [-0.3, -0.25) is 0 Å². The quantitative estimate of drug-likeness (QED) is 0.784. The summed E-state index contributed by atoms with van der Waals surface area (Å²) in [6, 6.07) is 0. The van der Waals surface area contributed by atoms with Crippen molar-refractivity contribution in [2.75, 3.05) is 5.73 Å². The summed E-state index contributed by atoms with van der Waals surface area (Å²) in [7, 11) is 0. The topological polar surface area (TPSA) is 38.9 Å². The predicted octanol–water partition coefficient (Wildman–Crippen LogP) is 2.80. The van der Waals surface area contributed by atoms with Gasteiger partial charge >= 0.3 is 0 Å². The molecular formula is C9H16N2S. The van der Waals surface area contributed by atoms with E-state index in [0.717, 1.165) is 28.5 Å². The molecule has 68 valence electrons. The number of thiazole rings is 1. The summed E-state index contributed by atoms with van der Waals surface area (Å²) in [4.78, 5) is 4.49. The van der Waals surface area contributed by atoms with E-state index in [0.29, 0.717) is 5.92 Å². The number of aryl methyl sites for hydroxylation is 1. The van der Waals surface area contributed by atoms with E-state index in [4.69, 9.17) is 5.73 Å². The van der Waals surface area contributed by atoms with Gasteiger partial charge in [-0.2, -0.15) is 0 Å². The summed E-state index contributed by atoms with van der Waals surface area (Å²) < 4.78 is 0. The molecule has 1 rings (SSSR count). The minimum Gasteiger partial charge on any atom is -0.389 e. The van der Waals surface area contributed by atoms with Crippen molar-refractivity contribution in [1.82, 2.24) is 4.98 Å². The van der Waals surface area contributed by atoms with E-state index in [1.54, 1.807) is 11.3 Å². The van der Waals surface area contributed by atoms with Gasteiger partial charge in [-0.25, -0.2) is 4.98 Å². The molecule has 0 spiro atoms. The molecule has 1 aromatic heterocycles. The highest BCUT2D eigenvalue weighted by Gasteiger charge is 2.12. The van der Waals surface area contributed by atoms with Crippen LogP contribution in [0.2, 0.25) is 0 Å². The summed E-state index contributed by atoms with van der Waals surface area (Å²) in [6.45, 7) is 6.44. The highest BCUT2D eigenvalue weighted by molar-refractivity contribution is 7.15. The maximum Gasteiger partial charge on any atom is 0.110 e. The van der Waals surface area contributed by atoms with Crippen LogP contribution in [0.3, 0.4) is 0 Å². The highest BCUT2D eigenvalue weighted by atomic mass is 32.1. The van der Waals surface area contributed by atoms with Gasteiger partial charge < -0.3 is 5.73 Å². The molecule has 0 aromatic carbocycles. The van der Waals surface area contributed by atoms with Crippen molar-refractivity contribution >= 4 is 16.3 Å². The Morgan fingerprint density at radius 3 is 2.58 bits per heavy atom. The molecule has 1 unspecified atom stereocenters. The number of anilines is 1. The number of nitrogens with zero attached hydrogens (tertiary/aromatic N) is 1. The first-order chi connectivity index (χ1) is 5.69. The fourth-order valence-corrected chi connectivity index (χ4v) is 1.98. The molecule has 0 fully saturated rings. The van der Waals surface area contributed by atoms with Crippen LogP contribution in [0.1, 0.15) is 43.8 Å². The lowest BCUT2D eigenvalue weighted by molar-refractivity contribution is 0.712. The lowest BCUT2D eigenvalue weighted by Crippen LogP contribution is -1.96. The van der Waals surface area contributed by atoms with Crippen LogP contribution in [0.15, 0.2) is 0 Å². The molecule has 12 heavy (non-hydrogen) atoms. The zero-order valence-electron chi connectivity index (χ0n) is 7.92. The van der Waals surface area contributed by atoms with Crippen molar-refractivity contribution in [3.8, 4) is 0 Å². The molecule has 0 aliphatic heterocycles. The molecule has 0 radical (unpaired) electrons. The van der Waals surface area contributed by atoms with Gasteiger partial charge in [0.25, 0.3) is 0 Å². The summed E-state index contributed by atoms with van der Waals surface area (Å²) >= 11 is 1.62. The van der Waals surface area contributed by atoms with Gasteiger partial charge in [-0.05, 0) is 12.8 Å². The second-order valence-electron chi connectivity index (χ2n) is 3.02. The third kappa shape index (κ3) is 1.78. The van der Waals surface area contributed by atoms with Crippen LogP contribution >= 0.6 is 11.3 Å². The fraction of sp³-hybridized carbons (Fsp3) is 0.667. The number of nitrogens with two attached hydrogens (primary N) is 1. The fourth-order valence-electron chi connectivity index (χ4n) is 1.09. The van der Waals surface area contributed by atoms with E-state index in [2.05, 4.69) is 25.8 Å². The van der Waals surface area contributed by atoms with Crippen LogP contribution < -0.4 is 5.73 Å². The van der Waals surface area contributed by atoms with Gasteiger partial charge in [0.1, 0.15) is 5.00 Å². The third-order valence-electron chi connectivity index (χ3n) is 2.11. The number of nitrogen functional groups attached to an aromatic ring is 1. The molecule has 2 nitrogen and oxygen atoms in total. The molecule has 0 amide bonds. The summed E-state index contributed by atoms with van der Waals surface area (Å²) in [6.07, 6.45) is 2.10. The molecule has 0 saturated heterocycles. The largest absolute Gasteiger partial charge is 0.389 e. The van der Waals surface area contributed by atoms with Gasteiger partial charge in [-0.15, -0.1) is 11.3 Å². The molecule has 0 aliphatic rings. The van der Waals surface area contributed by atoms with Gasteiger partial charge in [0.05, 0.1) is 10.7 Å². The zero-order chi connectivity index (χ0) is 9.14. The molecule has 3 heteroatoms. The predicted molar refractivity (Wildman–Crippen MR) is 54.6 cm³/mol. The smallest absolute Gasteiger partial charge is 0.110 e. The van der Waals surface area contributed by atoms with E-state index in [-0.39, 0.29) is 0 Å². The standard InChI is InChI=1S/C9H16N2S/c1-4-6(3)8-9(10)12-7(5-2)11-8/h6H,4-5,10H2,1-3H3. The van der Waals surface area contributed by atoms with Crippen molar-refractivity contribution in [2.45, 2.75) is 39.5 Å². The molecule has 0 bridgehead atoms. The normalized spacial score (nSPS) is 13.2. The Kier molecular flexibility index (Phi) is 3.09. The van der Waals surface area contributed by atoms with Gasteiger partial charge in [-0.1, -0.05) is 20.8 Å². The zero-order valence-corrected chi connectivity index (χ0v) is 8.74. The molecule has 1 atom stereocenters. The molecule has 1 aromatic rings. The van der Waals surface area contributed by atoms with Crippen LogP contribution in [-0.4, -0.2) is 4.98 Å². The van der Waals surface area contributed by atoms with Crippen molar-refractivity contribution in [1.29, 1.82) is 0 Å². The van der Waals surface area contributed by atoms with Crippen molar-refractivity contribution in [2.24, 2.45) is 0 Å². The van der Waals surface area contributed by atoms with Gasteiger partial charge in [0.2, 0.25) is 0 Å². The average molecular weight is 184 g/mol. The first kappa shape index (κ1) is 9.52. The van der Waals surface area contributed by atoms with Crippen molar-refractivity contribution in [3.63, 3.8) is 0 Å². The summed E-state index contributed by atoms with van der Waals surface area (Å²) in [5, 5.41) is 2.06. The summed E-state index contributed by atoms with van der Waals surface area (Å²) in [5.74, 6) is 0.501. The number of hydrogen-bond acceptors (Lipinski definition) is 3. The van der Waals surface area contributed by atoms with Gasteiger partial charge in [0, 0.05) is 5.92 Å². The molecular weight excluding hydrogens is 168 g/mol. The Balaban J connectivity index is 2.91. The Hall–Kier alpha value is -0.570. The van der Waals surface area contributed by atoms with Crippen molar-refractivity contribution < 1.29 is 0 Å². The first-order valence-corrected chi connectivity index (χ1v) is 5.25. The molecule has 2 N–H and O–H groups in total. The van der Waals surface area contributed by atoms with Crippen LogP contribution in [0.25, 0.3) is 0 Å². The number of rotatable bonds is 3. The van der Waals surface area contributed by atoms with Crippen molar-refractivity contribution in [3.05, 3.63) is 10.7 Å². The average Bonchev–Trinajstić information content (AvgIpc) is 2.45. The minimum absolute atomic E-state index is 0.501. The van der Waals surface area contributed by atoms with Crippen LogP contribution in [0.5, 0.6) is 0 Å². The number of hydrogen-bond donors (Lipinski definition) is 1. The molecule has 0 saturated carbocycles. The van der Waals surface area contributed by atoms with Gasteiger partial charge in [0.15, 0.2) is 0 Å². The second kappa shape index (κ2) is 3.90. The maximum atomic E-state index is 5.85. The van der Waals surface area contributed by atoms with E-state index in [1.165, 1.54) is 0 Å². The Morgan fingerprint density at radius 1 is 1.50 bits per heavy atom. The highest BCUT2D eigenvalue weighted by Crippen LogP contribution is 2.29. The first-order valence-electron chi connectivity index (χ1n) is 4.44. The van der Waals surface area contributed by atoms with E-state index in [1.807, 2.05) is 0 Å². The SMILES string of the molecule is CCc1nc(C(C)CC)c(N)s1. The lowest BCUT2D eigenvalue weighted by atomic mass is 10.1. The summed E-state index contributed by atoms with van der Waals surface area (Å²) in [5.41, 5.74) is 6.95. The van der Waals surface area contributed by atoms with Crippen LogP contribution in [-0.2, 0) is 6.42 Å². The molecule has 0 aliphatic carbocycles. The van der Waals surface area contributed by atoms with Crippen LogP contribution in [0, 0.1) is 0 Å². The third-order valence-corrected chi connectivity index (χ3v) is 3.15. The molecule has 1 heterocycles. The Morgan fingerprint density at radius 2 is 2.17 bits per heavy atom. The van der Waals surface area contributed by atoms with Crippen LogP contribution in [0.4, 0.5) is 5.00 Å². The Bertz CT molecular complexity index is 255. The minimum atomic E-state index is 0.501. The monoisotopic (exact) mass is 184 g/mol. The van der Waals surface area contributed by atoms with E-state index >= 15 is 0 Å². The Labute approximate surface area is 77.8 Å². The lowest BCUT2D eigenvalue weighted by Gasteiger charge is -2.04. The maximum absolute atomic E-state index is 5.85. The number of aromatic nitrogens is 1. The van der Waals surface area contributed by atoms with E-state index in [9.17, 15) is 0 Å². The second-order valence-corrected chi connectivity index (χ2v) is 4.14. The van der Waals surface area contributed by atoms with E-state index < -0.39 is 0 Å².